The van der Waals surface area contributed by atoms with Crippen molar-refractivity contribution < 1.29 is 41.7 Å². The van der Waals surface area contributed by atoms with E-state index in [2.05, 4.69) is 20.4 Å². The topological polar surface area (TPSA) is 186 Å². The second-order valence-corrected chi connectivity index (χ2v) is 12.8. The second kappa shape index (κ2) is 9.54. The maximum Gasteiger partial charge on any atom is 0.369 e. The van der Waals surface area contributed by atoms with Gasteiger partial charge in [0, 0.05) is 12.3 Å². The Labute approximate surface area is 198 Å². The Morgan fingerprint density at radius 3 is 2.68 bits per heavy atom. The predicted molar refractivity (Wildman–Crippen MR) is 118 cm³/mol. The van der Waals surface area contributed by atoms with Crippen LogP contribution in [0.5, 0.6) is 0 Å². The van der Waals surface area contributed by atoms with Gasteiger partial charge in [-0.3, -0.25) is 4.57 Å². The number of hydrogen-bond acceptors (Lipinski definition) is 10. The lowest BCUT2D eigenvalue weighted by Crippen LogP contribution is -2.34. The molecule has 2 fully saturated rings. The monoisotopic (exact) mass is 543 g/mol. The molecule has 1 aliphatic heterocycles. The number of alkyl halides is 1. The van der Waals surface area contributed by atoms with Gasteiger partial charge in [0.05, 0.1) is 18.2 Å². The number of halogens is 2. The zero-order valence-corrected chi connectivity index (χ0v) is 20.3. The molecule has 0 spiro atoms. The third-order valence-corrected chi connectivity index (χ3v) is 9.41. The summed E-state index contributed by atoms with van der Waals surface area (Å²) in [6, 6.07) is 0.203. The molecule has 2 aromatic rings. The first-order chi connectivity index (χ1) is 15.9. The lowest BCUT2D eigenvalue weighted by molar-refractivity contribution is -0.0657. The number of sulfone groups is 1. The van der Waals surface area contributed by atoms with E-state index in [4.69, 9.17) is 21.1 Å². The van der Waals surface area contributed by atoms with Crippen LogP contribution in [-0.4, -0.2) is 85.5 Å². The smallest absolute Gasteiger partial charge is 0.369 e. The highest BCUT2D eigenvalue weighted by molar-refractivity contribution is 7.97. The maximum absolute atomic E-state index is 15.0. The summed E-state index contributed by atoms with van der Waals surface area (Å²) in [6.45, 7) is -0.801. The molecule has 190 valence electrons. The van der Waals surface area contributed by atoms with Gasteiger partial charge < -0.3 is 29.7 Å². The van der Waals surface area contributed by atoms with Gasteiger partial charge in [-0.1, -0.05) is 12.8 Å². The van der Waals surface area contributed by atoms with Gasteiger partial charge in [-0.25, -0.2) is 17.5 Å². The number of hydrogen-bond donors (Lipinski definition) is 4. The largest absolute Gasteiger partial charge is 0.387 e. The molecule has 0 aromatic carbocycles. The van der Waals surface area contributed by atoms with Crippen molar-refractivity contribution in [3.05, 3.63) is 11.5 Å². The molecule has 1 aliphatic carbocycles. The van der Waals surface area contributed by atoms with Crippen molar-refractivity contribution in [2.75, 3.05) is 18.2 Å². The van der Waals surface area contributed by atoms with Crippen molar-refractivity contribution in [3.63, 3.8) is 0 Å². The van der Waals surface area contributed by atoms with Crippen molar-refractivity contribution >= 4 is 45.9 Å². The van der Waals surface area contributed by atoms with Crippen LogP contribution in [0, 0.1) is 0 Å². The zero-order valence-electron chi connectivity index (χ0n) is 17.9. The Bertz CT molecular complexity index is 1210. The molecular weight excluding hydrogens is 520 g/mol. The number of fused-ring (bicyclic) bond motifs is 1. The van der Waals surface area contributed by atoms with E-state index >= 15 is 0 Å². The molecule has 0 bridgehead atoms. The summed E-state index contributed by atoms with van der Waals surface area (Å²) in [4.78, 5) is 26.8. The lowest BCUT2D eigenvalue weighted by Gasteiger charge is -2.20. The quantitative estimate of drug-likeness (QED) is 0.273. The fraction of sp³-hybridized carbons (Fsp3) is 0.706. The van der Waals surface area contributed by atoms with Gasteiger partial charge in [-0.2, -0.15) is 15.1 Å². The van der Waals surface area contributed by atoms with Crippen molar-refractivity contribution in [1.82, 2.24) is 19.7 Å². The second-order valence-electron chi connectivity index (χ2n) is 8.35. The molecule has 1 saturated heterocycles. The zero-order chi connectivity index (χ0) is 24.8. The Hall–Kier alpha value is -1.45. The fourth-order valence-corrected chi connectivity index (χ4v) is 6.91. The molecule has 4 rings (SSSR count). The van der Waals surface area contributed by atoms with Gasteiger partial charge in [0.15, 0.2) is 27.9 Å². The van der Waals surface area contributed by atoms with Crippen LogP contribution in [0.15, 0.2) is 6.20 Å². The van der Waals surface area contributed by atoms with Gasteiger partial charge in [0.25, 0.3) is 5.18 Å². The Morgan fingerprint density at radius 1 is 1.38 bits per heavy atom. The first-order valence-corrected chi connectivity index (χ1v) is 14.4. The van der Waals surface area contributed by atoms with Crippen LogP contribution in [0.25, 0.3) is 11.0 Å². The van der Waals surface area contributed by atoms with Crippen LogP contribution in [0.3, 0.4) is 0 Å². The van der Waals surface area contributed by atoms with E-state index in [-0.39, 0.29) is 17.0 Å². The van der Waals surface area contributed by atoms with Crippen molar-refractivity contribution in [1.29, 1.82) is 0 Å². The number of aliphatic hydroxyl groups is 1. The Morgan fingerprint density at radius 2 is 2.06 bits per heavy atom. The van der Waals surface area contributed by atoms with Gasteiger partial charge >= 0.3 is 7.60 Å². The number of aromatic nitrogens is 4. The summed E-state index contributed by atoms with van der Waals surface area (Å²) in [5.41, 5.74) is 0.145. The molecular formula is C17H24ClFN5O8PS. The van der Waals surface area contributed by atoms with E-state index in [0.717, 1.165) is 30.4 Å². The normalized spacial score (nSPS) is 27.5. The molecule has 1 unspecified atom stereocenters. The number of nitrogens with zero attached hydrogens (tertiary/aromatic N) is 4. The molecule has 3 heterocycles. The number of nitrogens with one attached hydrogen (secondary N) is 1. The number of aliphatic hydroxyl groups excluding tert-OH is 1. The summed E-state index contributed by atoms with van der Waals surface area (Å²) in [5.74, 6) is 0.430. The first-order valence-electron chi connectivity index (χ1n) is 10.4. The molecule has 4 N–H and O–H groups in total. The van der Waals surface area contributed by atoms with Crippen LogP contribution < -0.4 is 5.32 Å². The Kier molecular flexibility index (Phi) is 7.20. The highest BCUT2D eigenvalue weighted by atomic mass is 35.5. The van der Waals surface area contributed by atoms with Crippen LogP contribution in [0.1, 0.15) is 31.9 Å². The SMILES string of the molecule is CS(=O)(=O)C(OC[C@H]1O[C@@H](n2ncc3c(NC4CCCC4)nc(Cl)nc32)[C@@H](F)[C@@H]1O)P(=O)(O)O. The van der Waals surface area contributed by atoms with E-state index in [9.17, 15) is 32.3 Å². The number of rotatable bonds is 8. The van der Waals surface area contributed by atoms with E-state index in [1.165, 1.54) is 6.20 Å². The molecule has 0 amide bonds. The highest BCUT2D eigenvalue weighted by Crippen LogP contribution is 2.45. The summed E-state index contributed by atoms with van der Waals surface area (Å²) >= 11 is 6.07. The van der Waals surface area contributed by atoms with Gasteiger partial charge in [0.1, 0.15) is 18.0 Å². The van der Waals surface area contributed by atoms with Gasteiger partial charge in [0.2, 0.25) is 5.28 Å². The van der Waals surface area contributed by atoms with Crippen LogP contribution in [0.2, 0.25) is 5.28 Å². The number of ether oxygens (including phenoxy) is 2. The van der Waals surface area contributed by atoms with Crippen molar-refractivity contribution in [2.24, 2.45) is 0 Å². The third-order valence-electron chi connectivity index (χ3n) is 5.70. The molecule has 34 heavy (non-hydrogen) atoms. The molecule has 17 heteroatoms. The lowest BCUT2D eigenvalue weighted by atomic mass is 10.1. The molecule has 2 aromatic heterocycles. The molecule has 0 radical (unpaired) electrons. The average Bonchev–Trinajstić information content (AvgIpc) is 3.42. The van der Waals surface area contributed by atoms with Crippen LogP contribution in [0.4, 0.5) is 10.2 Å². The Balaban J connectivity index is 1.56. The third kappa shape index (κ3) is 5.21. The predicted octanol–water partition coefficient (Wildman–Crippen LogP) is 0.953. The van der Waals surface area contributed by atoms with E-state index in [1.54, 1.807) is 0 Å². The minimum atomic E-state index is -5.21. The van der Waals surface area contributed by atoms with E-state index in [1.807, 2.05) is 0 Å². The van der Waals surface area contributed by atoms with E-state index < -0.39 is 53.8 Å². The van der Waals surface area contributed by atoms with Gasteiger partial charge in [-0.15, -0.1) is 0 Å². The minimum Gasteiger partial charge on any atom is -0.387 e. The van der Waals surface area contributed by atoms with E-state index in [0.29, 0.717) is 17.5 Å². The van der Waals surface area contributed by atoms with Crippen molar-refractivity contribution in [2.45, 2.75) is 61.5 Å². The minimum absolute atomic E-state index is 0.110. The summed E-state index contributed by atoms with van der Waals surface area (Å²) < 4.78 is 61.2. The highest BCUT2D eigenvalue weighted by Gasteiger charge is 2.48. The van der Waals surface area contributed by atoms with Crippen molar-refractivity contribution in [3.8, 4) is 0 Å². The van der Waals surface area contributed by atoms with Gasteiger partial charge in [-0.05, 0) is 24.4 Å². The number of anilines is 1. The summed E-state index contributed by atoms with van der Waals surface area (Å²) in [6.07, 6.45) is -0.675. The van der Waals surface area contributed by atoms with Crippen LogP contribution in [-0.2, 0) is 23.9 Å². The van der Waals surface area contributed by atoms with Crippen LogP contribution >= 0.6 is 19.2 Å². The average molecular weight is 544 g/mol. The summed E-state index contributed by atoms with van der Waals surface area (Å²) in [7, 11) is -9.53. The standard InChI is InChI=1S/C17H24ClFN5O8PS/c1-34(29,30)17(33(26,27)28)31-7-10-12(25)11(19)15(32-10)24-14-9(6-20-24)13(22-16(18)23-14)21-8-4-2-3-5-8/h6,8,10-12,15,17,25H,2-5,7H2,1H3,(H,21,22,23)(H2,26,27,28)/t10-,11+,12-,15-,17?/m1/s1. The molecule has 2 aliphatic rings. The molecule has 5 atom stereocenters. The molecule has 1 saturated carbocycles. The molecule has 13 nitrogen and oxygen atoms in total. The maximum atomic E-state index is 15.0. The summed E-state index contributed by atoms with van der Waals surface area (Å²) in [5, 5.41) is 15.6. The fourth-order valence-electron chi connectivity index (χ4n) is 4.14. The first kappa shape index (κ1) is 25.6.